The molecule has 4 N–H and O–H groups in total. The van der Waals surface area contributed by atoms with E-state index in [1.165, 1.54) is 10.8 Å². The van der Waals surface area contributed by atoms with Crippen LogP contribution in [0.25, 0.3) is 0 Å². The number of nitrogens with one attached hydrogen (secondary N) is 1. The Morgan fingerprint density at radius 2 is 2.05 bits per heavy atom. The molecule has 126 valence electrons. The van der Waals surface area contributed by atoms with Gasteiger partial charge < -0.3 is 14.9 Å². The van der Waals surface area contributed by atoms with Crippen molar-refractivity contribution in [2.24, 2.45) is 5.92 Å². The molecule has 0 spiro atoms. The Morgan fingerprint density at radius 3 is 2.64 bits per heavy atom. The van der Waals surface area contributed by atoms with Gasteiger partial charge in [-0.05, 0) is 19.8 Å². The molecule has 1 aliphatic rings. The van der Waals surface area contributed by atoms with Crippen LogP contribution in [0.2, 0.25) is 0 Å². The Labute approximate surface area is 126 Å². The molecule has 0 saturated heterocycles. The van der Waals surface area contributed by atoms with Crippen LogP contribution in [-0.4, -0.2) is 37.2 Å². The van der Waals surface area contributed by atoms with Crippen LogP contribution in [0.3, 0.4) is 0 Å². The summed E-state index contributed by atoms with van der Waals surface area (Å²) < 4.78 is 16.4. The molecule has 0 unspecified atom stereocenters. The molecule has 1 aromatic rings. The number of hydrogen-bond acceptors (Lipinski definition) is 5. The molecular weight excluding hydrogens is 315 g/mol. The van der Waals surface area contributed by atoms with Crippen molar-refractivity contribution in [3.8, 4) is 0 Å². The normalized spacial score (nSPS) is 25.0. The zero-order valence-corrected chi connectivity index (χ0v) is 12.2. The largest absolute Gasteiger partial charge is 0.469 e. The highest BCUT2D eigenvalue weighted by Crippen LogP contribution is 2.40. The zero-order valence-electron chi connectivity index (χ0n) is 11.3. The van der Waals surface area contributed by atoms with E-state index in [-0.39, 0.29) is 26.5 Å². The molecule has 1 aromatic heterocycles. The van der Waals surface area contributed by atoms with E-state index in [0.29, 0.717) is 12.0 Å². The third kappa shape index (κ3) is 4.37. The van der Waals surface area contributed by atoms with Crippen LogP contribution in [0, 0.1) is 12.8 Å². The summed E-state index contributed by atoms with van der Waals surface area (Å²) in [4.78, 5) is 42.6. The average Bonchev–Trinajstić information content (AvgIpc) is 2.72. The number of H-pyrrole nitrogens is 1. The lowest BCUT2D eigenvalue weighted by Gasteiger charge is -2.15. The molecule has 1 heterocycles. The number of hydrogen-bond donors (Lipinski definition) is 4. The van der Waals surface area contributed by atoms with Gasteiger partial charge in [-0.25, -0.2) is 9.36 Å². The van der Waals surface area contributed by atoms with Gasteiger partial charge in [-0.2, -0.15) is 0 Å². The number of aromatic amines is 1. The first-order chi connectivity index (χ1) is 9.67. The number of nitrogens with zero attached hydrogens (tertiary/aromatic N) is 1. The van der Waals surface area contributed by atoms with E-state index in [1.54, 1.807) is 6.92 Å². The van der Waals surface area contributed by atoms with E-state index < -0.39 is 31.1 Å². The second kappa shape index (κ2) is 6.89. The summed E-state index contributed by atoms with van der Waals surface area (Å²) in [5, 5.41) is 9.91. The van der Waals surface area contributed by atoms with Crippen LogP contribution in [0.1, 0.15) is 31.9 Å². The van der Waals surface area contributed by atoms with Crippen LogP contribution in [0.15, 0.2) is 15.8 Å². The van der Waals surface area contributed by atoms with Gasteiger partial charge in [0.05, 0.1) is 12.7 Å². The van der Waals surface area contributed by atoms with E-state index >= 15 is 0 Å². The van der Waals surface area contributed by atoms with Gasteiger partial charge in [0.15, 0.2) is 0 Å². The minimum absolute atomic E-state index is 0. The third-order valence-electron chi connectivity index (χ3n) is 3.63. The number of phosphoric acid groups is 1. The van der Waals surface area contributed by atoms with Gasteiger partial charge in [0.25, 0.3) is 5.56 Å². The van der Waals surface area contributed by atoms with Gasteiger partial charge >= 0.3 is 13.5 Å². The van der Waals surface area contributed by atoms with Gasteiger partial charge in [-0.1, -0.05) is 7.43 Å². The molecule has 1 aliphatic carbocycles. The average molecular weight is 336 g/mol. The number of phosphoric ester groups is 1. The Kier molecular flexibility index (Phi) is 5.89. The molecule has 22 heavy (non-hydrogen) atoms. The van der Waals surface area contributed by atoms with Crippen LogP contribution in [0.5, 0.6) is 0 Å². The Hall–Kier alpha value is -1.25. The standard InChI is InChI=1S/C11H17N2O7P.CH4/c1-6-4-13(11(16)12-10(6)15)8-2-7(9(14)3-8)5-20-21(17,18)19;/h4,7-9,14H,2-3,5H2,1H3,(H,12,15,16)(H2,17,18,19);1H4/t7-,8-,9-;/m1./s1. The smallest absolute Gasteiger partial charge is 0.393 e. The summed E-state index contributed by atoms with van der Waals surface area (Å²) >= 11 is 0. The van der Waals surface area contributed by atoms with Crippen molar-refractivity contribution < 1.29 is 24.0 Å². The fourth-order valence-corrected chi connectivity index (χ4v) is 2.92. The lowest BCUT2D eigenvalue weighted by atomic mass is 10.1. The fraction of sp³-hybridized carbons (Fsp3) is 0.667. The highest BCUT2D eigenvalue weighted by atomic mass is 31.2. The fourth-order valence-electron chi connectivity index (χ4n) is 2.53. The lowest BCUT2D eigenvalue weighted by molar-refractivity contribution is 0.0843. The monoisotopic (exact) mass is 336 g/mol. The minimum Gasteiger partial charge on any atom is -0.393 e. The van der Waals surface area contributed by atoms with Crippen LogP contribution < -0.4 is 11.2 Å². The minimum atomic E-state index is -4.59. The first-order valence-corrected chi connectivity index (χ1v) is 7.90. The van der Waals surface area contributed by atoms with Crippen molar-refractivity contribution in [1.82, 2.24) is 9.55 Å². The molecule has 9 nitrogen and oxygen atoms in total. The predicted molar refractivity (Wildman–Crippen MR) is 78.6 cm³/mol. The van der Waals surface area contributed by atoms with E-state index in [4.69, 9.17) is 9.79 Å². The van der Waals surface area contributed by atoms with Crippen molar-refractivity contribution in [3.05, 3.63) is 32.6 Å². The summed E-state index contributed by atoms with van der Waals surface area (Å²) in [5.74, 6) is -0.484. The van der Waals surface area contributed by atoms with Crippen molar-refractivity contribution in [2.45, 2.75) is 39.3 Å². The number of rotatable bonds is 4. The summed E-state index contributed by atoms with van der Waals surface area (Å²) in [6.07, 6.45) is 1.17. The Morgan fingerprint density at radius 1 is 1.41 bits per heavy atom. The SMILES string of the molecule is C.Cc1cn([C@@H]2C[C@H](COP(=O)(O)O)[C@H](O)C2)c(=O)[nH]c1=O. The topological polar surface area (TPSA) is 142 Å². The zero-order chi connectivity index (χ0) is 15.8. The lowest BCUT2D eigenvalue weighted by Crippen LogP contribution is -2.32. The highest BCUT2D eigenvalue weighted by Gasteiger charge is 2.36. The maximum Gasteiger partial charge on any atom is 0.469 e. The first kappa shape index (κ1) is 18.8. The maximum absolute atomic E-state index is 11.8. The van der Waals surface area contributed by atoms with Crippen molar-refractivity contribution >= 4 is 7.82 Å². The number of aliphatic hydroxyl groups is 1. The first-order valence-electron chi connectivity index (χ1n) is 6.37. The number of aromatic nitrogens is 2. The molecular formula is C12H21N2O7P. The predicted octanol–water partition coefficient (Wildman–Crippen LogP) is -0.0976. The molecule has 0 amide bonds. The van der Waals surface area contributed by atoms with Gasteiger partial charge in [0.2, 0.25) is 0 Å². The number of aryl methyl sites for hydroxylation is 1. The van der Waals surface area contributed by atoms with Crippen molar-refractivity contribution in [2.75, 3.05) is 6.61 Å². The van der Waals surface area contributed by atoms with Crippen molar-refractivity contribution in [3.63, 3.8) is 0 Å². The molecule has 2 rings (SSSR count). The second-order valence-electron chi connectivity index (χ2n) is 5.22. The summed E-state index contributed by atoms with van der Waals surface area (Å²) in [5.41, 5.74) is -0.658. The quantitative estimate of drug-likeness (QED) is 0.563. The Bertz CT molecular complexity index is 677. The van der Waals surface area contributed by atoms with E-state index in [9.17, 15) is 19.3 Å². The van der Waals surface area contributed by atoms with Crippen LogP contribution >= 0.6 is 7.82 Å². The summed E-state index contributed by atoms with van der Waals surface area (Å²) in [7, 11) is -4.59. The molecule has 0 radical (unpaired) electrons. The Balaban J connectivity index is 0.00000242. The summed E-state index contributed by atoms with van der Waals surface area (Å²) in [6.45, 7) is 1.27. The molecule has 3 atom stereocenters. The molecule has 1 saturated carbocycles. The van der Waals surface area contributed by atoms with E-state index in [1.807, 2.05) is 0 Å². The van der Waals surface area contributed by atoms with Crippen molar-refractivity contribution in [1.29, 1.82) is 0 Å². The van der Waals surface area contributed by atoms with E-state index in [0.717, 1.165) is 0 Å². The third-order valence-corrected chi connectivity index (χ3v) is 4.11. The van der Waals surface area contributed by atoms with Gasteiger partial charge in [0.1, 0.15) is 0 Å². The molecule has 0 bridgehead atoms. The number of aliphatic hydroxyl groups excluding tert-OH is 1. The highest BCUT2D eigenvalue weighted by molar-refractivity contribution is 7.46. The van der Waals surface area contributed by atoms with E-state index in [2.05, 4.69) is 9.51 Å². The molecule has 0 aliphatic heterocycles. The van der Waals surface area contributed by atoms with Crippen LogP contribution in [-0.2, 0) is 9.09 Å². The second-order valence-corrected chi connectivity index (χ2v) is 6.46. The van der Waals surface area contributed by atoms with Gasteiger partial charge in [0, 0.05) is 23.7 Å². The van der Waals surface area contributed by atoms with Crippen LogP contribution in [0.4, 0.5) is 0 Å². The molecule has 1 fully saturated rings. The van der Waals surface area contributed by atoms with Gasteiger partial charge in [-0.3, -0.25) is 18.9 Å². The van der Waals surface area contributed by atoms with Gasteiger partial charge in [-0.15, -0.1) is 0 Å². The maximum atomic E-state index is 11.8. The molecule has 0 aromatic carbocycles. The molecule has 10 heteroatoms. The summed E-state index contributed by atoms with van der Waals surface area (Å²) in [6, 6.07) is -0.353.